The number of nitrogens with one attached hydrogen (secondary N) is 1. The van der Waals surface area contributed by atoms with E-state index in [0.717, 1.165) is 17.6 Å². The van der Waals surface area contributed by atoms with Crippen LogP contribution < -0.4 is 10.2 Å². The summed E-state index contributed by atoms with van der Waals surface area (Å²) in [4.78, 5) is 2.38. The molecule has 0 bridgehead atoms. The zero-order valence-electron chi connectivity index (χ0n) is 11.8. The average Bonchev–Trinajstić information content (AvgIpc) is 3.08. The van der Waals surface area contributed by atoms with Gasteiger partial charge >= 0.3 is 0 Å². The number of rotatable bonds is 4. The Morgan fingerprint density at radius 2 is 2.00 bits per heavy atom. The molecule has 1 N–H and O–H groups in total. The first-order chi connectivity index (χ1) is 8.37. The Kier molecular flexibility index (Phi) is 3.88. The van der Waals surface area contributed by atoms with Crippen molar-refractivity contribution in [2.75, 3.05) is 11.9 Å². The summed E-state index contributed by atoms with van der Waals surface area (Å²) in [7, 11) is 2.18. The highest BCUT2D eigenvalue weighted by Crippen LogP contribution is 2.33. The summed E-state index contributed by atoms with van der Waals surface area (Å²) in [5.41, 5.74) is 2.71. The summed E-state index contributed by atoms with van der Waals surface area (Å²) in [6, 6.07) is 6.92. The first-order valence-corrected chi connectivity index (χ1v) is 7.01. The SMILES string of the molecule is CN(c1ccc(Cl)cc1CNC(C)(C)C)C1CC1. The smallest absolute Gasteiger partial charge is 0.0412 e. The van der Waals surface area contributed by atoms with Gasteiger partial charge in [0.05, 0.1) is 0 Å². The maximum absolute atomic E-state index is 6.12. The highest BCUT2D eigenvalue weighted by atomic mass is 35.5. The second-order valence-corrected chi connectivity index (χ2v) is 6.66. The Morgan fingerprint density at radius 1 is 1.33 bits per heavy atom. The number of anilines is 1. The van der Waals surface area contributed by atoms with Gasteiger partial charge in [0, 0.05) is 35.9 Å². The molecule has 3 heteroatoms. The van der Waals surface area contributed by atoms with Gasteiger partial charge in [0.15, 0.2) is 0 Å². The Morgan fingerprint density at radius 3 is 2.56 bits per heavy atom. The van der Waals surface area contributed by atoms with Crippen molar-refractivity contribution in [3.63, 3.8) is 0 Å². The molecule has 0 spiro atoms. The number of hydrogen-bond acceptors (Lipinski definition) is 2. The van der Waals surface area contributed by atoms with Gasteiger partial charge in [-0.25, -0.2) is 0 Å². The fraction of sp³-hybridized carbons (Fsp3) is 0.600. The zero-order valence-corrected chi connectivity index (χ0v) is 12.5. The molecular weight excluding hydrogens is 244 g/mol. The van der Waals surface area contributed by atoms with Crippen LogP contribution in [0.15, 0.2) is 18.2 Å². The monoisotopic (exact) mass is 266 g/mol. The molecule has 0 aliphatic heterocycles. The lowest BCUT2D eigenvalue weighted by Gasteiger charge is -2.26. The van der Waals surface area contributed by atoms with Gasteiger partial charge in [-0.15, -0.1) is 0 Å². The van der Waals surface area contributed by atoms with E-state index >= 15 is 0 Å². The Labute approximate surface area is 115 Å². The third kappa shape index (κ3) is 3.63. The van der Waals surface area contributed by atoms with Crippen molar-refractivity contribution >= 4 is 17.3 Å². The van der Waals surface area contributed by atoms with E-state index in [4.69, 9.17) is 11.6 Å². The van der Waals surface area contributed by atoms with Crippen molar-refractivity contribution in [1.82, 2.24) is 5.32 Å². The van der Waals surface area contributed by atoms with Crippen LogP contribution in [-0.2, 0) is 6.54 Å². The van der Waals surface area contributed by atoms with E-state index in [-0.39, 0.29) is 5.54 Å². The quantitative estimate of drug-likeness (QED) is 0.891. The second kappa shape index (κ2) is 5.10. The number of hydrogen-bond donors (Lipinski definition) is 1. The highest BCUT2D eigenvalue weighted by Gasteiger charge is 2.27. The molecule has 2 rings (SSSR count). The molecule has 0 unspecified atom stereocenters. The van der Waals surface area contributed by atoms with Gasteiger partial charge < -0.3 is 10.2 Å². The predicted octanol–water partition coefficient (Wildman–Crippen LogP) is 3.83. The van der Waals surface area contributed by atoms with Gasteiger partial charge in [-0.2, -0.15) is 0 Å². The van der Waals surface area contributed by atoms with Crippen LogP contribution >= 0.6 is 11.6 Å². The summed E-state index contributed by atoms with van der Waals surface area (Å²) >= 11 is 6.12. The Hall–Kier alpha value is -0.730. The molecule has 0 atom stereocenters. The maximum Gasteiger partial charge on any atom is 0.0412 e. The molecule has 18 heavy (non-hydrogen) atoms. The number of nitrogens with zero attached hydrogens (tertiary/aromatic N) is 1. The third-order valence-corrected chi connectivity index (χ3v) is 3.56. The van der Waals surface area contributed by atoms with Crippen LogP contribution in [-0.4, -0.2) is 18.6 Å². The average molecular weight is 267 g/mol. The fourth-order valence-corrected chi connectivity index (χ4v) is 2.25. The molecule has 1 fully saturated rings. The van der Waals surface area contributed by atoms with Crippen molar-refractivity contribution < 1.29 is 0 Å². The summed E-state index contributed by atoms with van der Waals surface area (Å²) < 4.78 is 0. The molecular formula is C15H23ClN2. The molecule has 0 heterocycles. The molecule has 1 aromatic rings. The van der Waals surface area contributed by atoms with Crippen molar-refractivity contribution in [3.05, 3.63) is 28.8 Å². The minimum absolute atomic E-state index is 0.123. The van der Waals surface area contributed by atoms with Crippen molar-refractivity contribution in [2.45, 2.75) is 51.7 Å². The van der Waals surface area contributed by atoms with E-state index in [9.17, 15) is 0 Å². The maximum atomic E-state index is 6.12. The summed E-state index contributed by atoms with van der Waals surface area (Å²) in [6.07, 6.45) is 2.62. The summed E-state index contributed by atoms with van der Waals surface area (Å²) in [5.74, 6) is 0. The van der Waals surface area contributed by atoms with Crippen LogP contribution in [0.5, 0.6) is 0 Å². The van der Waals surface area contributed by atoms with E-state index in [2.05, 4.69) is 50.2 Å². The van der Waals surface area contributed by atoms with Crippen LogP contribution in [0.2, 0.25) is 5.02 Å². The van der Waals surface area contributed by atoms with Gasteiger partial charge in [0.1, 0.15) is 0 Å². The molecule has 1 saturated carbocycles. The van der Waals surface area contributed by atoms with Gasteiger partial charge in [0.2, 0.25) is 0 Å². The van der Waals surface area contributed by atoms with E-state index in [1.165, 1.54) is 24.1 Å². The van der Waals surface area contributed by atoms with Crippen LogP contribution in [0.1, 0.15) is 39.2 Å². The molecule has 100 valence electrons. The van der Waals surface area contributed by atoms with E-state index in [1.807, 2.05) is 6.07 Å². The van der Waals surface area contributed by atoms with Gasteiger partial charge in [-0.1, -0.05) is 11.6 Å². The number of benzene rings is 1. The molecule has 0 saturated heterocycles. The van der Waals surface area contributed by atoms with Gasteiger partial charge in [-0.3, -0.25) is 0 Å². The van der Waals surface area contributed by atoms with E-state index in [1.54, 1.807) is 0 Å². The molecule has 0 radical (unpaired) electrons. The highest BCUT2D eigenvalue weighted by molar-refractivity contribution is 6.30. The predicted molar refractivity (Wildman–Crippen MR) is 79.5 cm³/mol. The van der Waals surface area contributed by atoms with Crippen molar-refractivity contribution in [1.29, 1.82) is 0 Å². The van der Waals surface area contributed by atoms with Gasteiger partial charge in [0.25, 0.3) is 0 Å². The fourth-order valence-electron chi connectivity index (χ4n) is 2.06. The summed E-state index contributed by atoms with van der Waals surface area (Å²) in [5, 5.41) is 4.35. The van der Waals surface area contributed by atoms with Crippen molar-refractivity contribution in [3.8, 4) is 0 Å². The molecule has 1 aliphatic carbocycles. The lowest BCUT2D eigenvalue weighted by Crippen LogP contribution is -2.35. The largest absolute Gasteiger partial charge is 0.371 e. The van der Waals surface area contributed by atoms with Crippen LogP contribution in [0, 0.1) is 0 Å². The van der Waals surface area contributed by atoms with Crippen LogP contribution in [0.4, 0.5) is 5.69 Å². The topological polar surface area (TPSA) is 15.3 Å². The standard InChI is InChI=1S/C15H23ClN2/c1-15(2,3)17-10-11-9-12(16)5-8-14(11)18(4)13-6-7-13/h5,8-9,13,17H,6-7,10H2,1-4H3. The van der Waals surface area contributed by atoms with E-state index < -0.39 is 0 Å². The molecule has 0 amide bonds. The van der Waals surface area contributed by atoms with Crippen LogP contribution in [0.3, 0.4) is 0 Å². The molecule has 1 aromatic carbocycles. The van der Waals surface area contributed by atoms with Crippen molar-refractivity contribution in [2.24, 2.45) is 0 Å². The first-order valence-electron chi connectivity index (χ1n) is 6.63. The third-order valence-electron chi connectivity index (χ3n) is 3.33. The Balaban J connectivity index is 2.17. The van der Waals surface area contributed by atoms with Crippen LogP contribution in [0.25, 0.3) is 0 Å². The van der Waals surface area contributed by atoms with Gasteiger partial charge in [-0.05, 0) is 57.4 Å². The molecule has 0 aromatic heterocycles. The lowest BCUT2D eigenvalue weighted by atomic mass is 10.1. The lowest BCUT2D eigenvalue weighted by molar-refractivity contribution is 0.424. The molecule has 1 aliphatic rings. The normalized spacial score (nSPS) is 15.8. The first kappa shape index (κ1) is 13.7. The number of halogens is 1. The zero-order chi connectivity index (χ0) is 13.3. The van der Waals surface area contributed by atoms with E-state index in [0.29, 0.717) is 0 Å². The molecule has 2 nitrogen and oxygen atoms in total. The minimum Gasteiger partial charge on any atom is -0.371 e. The second-order valence-electron chi connectivity index (χ2n) is 6.22. The Bertz CT molecular complexity index is 419. The minimum atomic E-state index is 0.123. The summed E-state index contributed by atoms with van der Waals surface area (Å²) in [6.45, 7) is 7.40.